The second-order valence-electron chi connectivity index (χ2n) is 3.48. The monoisotopic (exact) mass is 255 g/mol. The Morgan fingerprint density at radius 1 is 1.44 bits per heavy atom. The Hall–Kier alpha value is -2.58. The van der Waals surface area contributed by atoms with Gasteiger partial charge in [-0.15, -0.1) is 0 Å². The van der Waals surface area contributed by atoms with Crippen LogP contribution in [0.1, 0.15) is 5.56 Å². The van der Waals surface area contributed by atoms with E-state index in [2.05, 4.69) is 15.5 Å². The Morgan fingerprint density at radius 3 is 2.67 bits per heavy atom. The van der Waals surface area contributed by atoms with Crippen LogP contribution >= 0.6 is 0 Å². The highest BCUT2D eigenvalue weighted by molar-refractivity contribution is 5.85. The number of carbonyl (C=O) groups is 3. The van der Waals surface area contributed by atoms with Crippen molar-refractivity contribution in [3.63, 3.8) is 0 Å². The molecule has 0 radical (unpaired) electrons. The van der Waals surface area contributed by atoms with E-state index in [1.807, 2.05) is 0 Å². The van der Waals surface area contributed by atoms with Crippen LogP contribution in [-0.4, -0.2) is 51.2 Å². The minimum atomic E-state index is -1.23. The summed E-state index contributed by atoms with van der Waals surface area (Å²) in [6.07, 6.45) is 3.09. The number of carbonyl (C=O) groups excluding carboxylic acids is 2. The maximum Gasteiger partial charge on any atom is 0.323 e. The molecule has 0 aliphatic rings. The maximum absolute atomic E-state index is 11.6. The van der Waals surface area contributed by atoms with Crippen molar-refractivity contribution >= 4 is 17.9 Å². The minimum Gasteiger partial charge on any atom is -0.480 e. The summed E-state index contributed by atoms with van der Waals surface area (Å²) in [6, 6.07) is -0.683. The third-order valence-corrected chi connectivity index (χ3v) is 1.96. The Morgan fingerprint density at radius 2 is 2.17 bits per heavy atom. The summed E-state index contributed by atoms with van der Waals surface area (Å²) < 4.78 is 0. The van der Waals surface area contributed by atoms with E-state index in [0.717, 1.165) is 10.5 Å². The number of nitrogens with two attached hydrogens (primary N) is 1. The van der Waals surface area contributed by atoms with Crippen molar-refractivity contribution in [3.05, 3.63) is 18.0 Å². The maximum atomic E-state index is 11.6. The lowest BCUT2D eigenvalue weighted by molar-refractivity contribution is -0.137. The predicted molar refractivity (Wildman–Crippen MR) is 59.2 cm³/mol. The number of primary amides is 1. The number of rotatable bonds is 6. The van der Waals surface area contributed by atoms with Crippen LogP contribution < -0.4 is 11.1 Å². The van der Waals surface area contributed by atoms with Gasteiger partial charge in [0.1, 0.15) is 13.1 Å². The van der Waals surface area contributed by atoms with Crippen molar-refractivity contribution < 1.29 is 19.5 Å². The molecule has 9 nitrogen and oxygen atoms in total. The molecule has 9 heteroatoms. The number of urea groups is 1. The highest BCUT2D eigenvalue weighted by atomic mass is 16.4. The summed E-state index contributed by atoms with van der Waals surface area (Å²) in [5, 5.41) is 17.3. The van der Waals surface area contributed by atoms with E-state index in [1.54, 1.807) is 6.20 Å². The third kappa shape index (κ3) is 4.51. The minimum absolute atomic E-state index is 0.171. The molecule has 98 valence electrons. The summed E-state index contributed by atoms with van der Waals surface area (Å²) in [5.41, 5.74) is 5.65. The highest BCUT2D eigenvalue weighted by Gasteiger charge is 2.18. The van der Waals surface area contributed by atoms with Crippen LogP contribution in [0.4, 0.5) is 4.79 Å². The fourth-order valence-electron chi connectivity index (χ4n) is 1.21. The molecule has 3 amide bonds. The van der Waals surface area contributed by atoms with Gasteiger partial charge in [0.2, 0.25) is 5.91 Å². The van der Waals surface area contributed by atoms with Crippen LogP contribution in [0.15, 0.2) is 12.4 Å². The van der Waals surface area contributed by atoms with Crippen molar-refractivity contribution in [1.82, 2.24) is 20.4 Å². The molecule has 0 fully saturated rings. The molecule has 5 N–H and O–H groups in total. The van der Waals surface area contributed by atoms with Gasteiger partial charge in [-0.05, 0) is 0 Å². The number of hydrogen-bond donors (Lipinski definition) is 4. The van der Waals surface area contributed by atoms with E-state index in [-0.39, 0.29) is 6.54 Å². The van der Waals surface area contributed by atoms with Gasteiger partial charge in [0.15, 0.2) is 0 Å². The molecule has 1 rings (SSSR count). The molecule has 0 unspecified atom stereocenters. The topological polar surface area (TPSA) is 141 Å². The van der Waals surface area contributed by atoms with Crippen molar-refractivity contribution in [3.8, 4) is 0 Å². The third-order valence-electron chi connectivity index (χ3n) is 1.96. The molecule has 0 spiro atoms. The number of hydrogen-bond acceptors (Lipinski definition) is 4. The molecule has 0 saturated carbocycles. The van der Waals surface area contributed by atoms with Gasteiger partial charge in [0.05, 0.1) is 6.20 Å². The summed E-state index contributed by atoms with van der Waals surface area (Å²) in [4.78, 5) is 33.7. The number of amides is 3. The number of carboxylic acids is 1. The zero-order valence-electron chi connectivity index (χ0n) is 9.42. The van der Waals surface area contributed by atoms with Crippen LogP contribution in [0.3, 0.4) is 0 Å². The zero-order valence-corrected chi connectivity index (χ0v) is 9.42. The van der Waals surface area contributed by atoms with Crippen LogP contribution in [0.5, 0.6) is 0 Å². The second kappa shape index (κ2) is 6.23. The van der Waals surface area contributed by atoms with Crippen LogP contribution in [0.2, 0.25) is 0 Å². The van der Waals surface area contributed by atoms with Crippen molar-refractivity contribution in [1.29, 1.82) is 0 Å². The molecule has 18 heavy (non-hydrogen) atoms. The van der Waals surface area contributed by atoms with E-state index in [4.69, 9.17) is 10.8 Å². The highest BCUT2D eigenvalue weighted by Crippen LogP contribution is 1.95. The van der Waals surface area contributed by atoms with Gasteiger partial charge < -0.3 is 21.1 Å². The van der Waals surface area contributed by atoms with Gasteiger partial charge in [-0.3, -0.25) is 14.7 Å². The first-order chi connectivity index (χ1) is 8.49. The number of nitrogens with zero attached hydrogens (tertiary/aromatic N) is 2. The molecule has 1 heterocycles. The SMILES string of the molecule is NC(=O)CN(CC(=O)O)C(=O)NCc1cn[nH]c1. The first-order valence-electron chi connectivity index (χ1n) is 4.99. The van der Waals surface area contributed by atoms with E-state index in [1.165, 1.54) is 6.20 Å². The molecule has 1 aromatic rings. The van der Waals surface area contributed by atoms with Crippen molar-refractivity contribution in [2.24, 2.45) is 5.73 Å². The Labute approximate surface area is 102 Å². The number of aromatic nitrogens is 2. The molecule has 0 aromatic carbocycles. The fourth-order valence-corrected chi connectivity index (χ4v) is 1.21. The van der Waals surface area contributed by atoms with Crippen molar-refractivity contribution in [2.45, 2.75) is 6.54 Å². The molecule has 0 bridgehead atoms. The van der Waals surface area contributed by atoms with E-state index in [9.17, 15) is 14.4 Å². The zero-order chi connectivity index (χ0) is 13.5. The van der Waals surface area contributed by atoms with Gasteiger partial charge in [-0.2, -0.15) is 5.10 Å². The lowest BCUT2D eigenvalue weighted by atomic mass is 10.3. The summed E-state index contributed by atoms with van der Waals surface area (Å²) >= 11 is 0. The number of aromatic amines is 1. The first kappa shape index (κ1) is 13.5. The smallest absolute Gasteiger partial charge is 0.323 e. The van der Waals surface area contributed by atoms with Crippen molar-refractivity contribution in [2.75, 3.05) is 13.1 Å². The van der Waals surface area contributed by atoms with Gasteiger partial charge in [0, 0.05) is 18.3 Å². The lowest BCUT2D eigenvalue weighted by Gasteiger charge is -2.19. The van der Waals surface area contributed by atoms with Crippen LogP contribution in [0, 0.1) is 0 Å². The quantitative estimate of drug-likeness (QED) is 0.489. The molecular weight excluding hydrogens is 242 g/mol. The normalized spacial score (nSPS) is 9.78. The number of carboxylic acid groups (broad SMARTS) is 1. The Bertz CT molecular complexity index is 414. The largest absolute Gasteiger partial charge is 0.480 e. The van der Waals surface area contributed by atoms with E-state index < -0.39 is 31.0 Å². The molecule has 0 atom stereocenters. The molecule has 0 aliphatic carbocycles. The van der Waals surface area contributed by atoms with E-state index >= 15 is 0 Å². The van der Waals surface area contributed by atoms with Gasteiger partial charge >= 0.3 is 12.0 Å². The number of nitrogens with one attached hydrogen (secondary N) is 2. The van der Waals surface area contributed by atoms with Gasteiger partial charge in [-0.1, -0.05) is 0 Å². The number of H-pyrrole nitrogens is 1. The molecular formula is C9H13N5O4. The Kier molecular flexibility index (Phi) is 4.67. The van der Waals surface area contributed by atoms with Crippen LogP contribution in [0.25, 0.3) is 0 Å². The van der Waals surface area contributed by atoms with Gasteiger partial charge in [-0.25, -0.2) is 4.79 Å². The van der Waals surface area contributed by atoms with Gasteiger partial charge in [0.25, 0.3) is 0 Å². The molecule has 0 saturated heterocycles. The predicted octanol–water partition coefficient (Wildman–Crippen LogP) is -1.51. The molecule has 0 aliphatic heterocycles. The molecule has 1 aromatic heterocycles. The fraction of sp³-hybridized carbons (Fsp3) is 0.333. The average Bonchev–Trinajstić information content (AvgIpc) is 2.76. The van der Waals surface area contributed by atoms with E-state index in [0.29, 0.717) is 0 Å². The second-order valence-corrected chi connectivity index (χ2v) is 3.48. The lowest BCUT2D eigenvalue weighted by Crippen LogP contribution is -2.46. The first-order valence-corrected chi connectivity index (χ1v) is 4.99. The number of aliphatic carboxylic acids is 1. The summed E-state index contributed by atoms with van der Waals surface area (Å²) in [5.74, 6) is -2.01. The van der Waals surface area contributed by atoms with Crippen LogP contribution in [-0.2, 0) is 16.1 Å². The summed E-state index contributed by atoms with van der Waals surface area (Å²) in [6.45, 7) is -0.881. The summed E-state index contributed by atoms with van der Waals surface area (Å²) in [7, 11) is 0. The average molecular weight is 255 g/mol. The Balaban J connectivity index is 2.52. The standard InChI is InChI=1S/C9H13N5O4/c10-7(15)4-14(5-8(16)17)9(18)11-1-6-2-12-13-3-6/h2-3H,1,4-5H2,(H2,10,15)(H,11,18)(H,12,13)(H,16,17).